The third-order valence-corrected chi connectivity index (χ3v) is 4.19. The van der Waals surface area contributed by atoms with Crippen LogP contribution in [-0.2, 0) is 13.1 Å². The van der Waals surface area contributed by atoms with E-state index in [1.54, 1.807) is 0 Å². The first-order valence-electron chi connectivity index (χ1n) is 8.62. The molecule has 2 rings (SSSR count). The zero-order valence-corrected chi connectivity index (χ0v) is 16.6. The van der Waals surface area contributed by atoms with E-state index in [-0.39, 0.29) is 24.0 Å². The van der Waals surface area contributed by atoms with Crippen LogP contribution in [0.1, 0.15) is 50.2 Å². The van der Waals surface area contributed by atoms with Crippen LogP contribution in [0.15, 0.2) is 29.3 Å². The maximum absolute atomic E-state index is 5.89. The smallest absolute Gasteiger partial charge is 0.188 e. The Kier molecular flexibility index (Phi) is 10.3. The van der Waals surface area contributed by atoms with Gasteiger partial charge in [0.25, 0.3) is 0 Å². The van der Waals surface area contributed by atoms with Crippen LogP contribution < -0.4 is 11.1 Å². The summed E-state index contributed by atoms with van der Waals surface area (Å²) in [6.07, 6.45) is 6.47. The number of rotatable bonds is 6. The van der Waals surface area contributed by atoms with Gasteiger partial charge in [-0.15, -0.1) is 24.0 Å². The molecule has 1 aromatic carbocycles. The van der Waals surface area contributed by atoms with Gasteiger partial charge in [0.15, 0.2) is 5.96 Å². The average Bonchev–Trinajstić information content (AvgIpc) is 2.81. The van der Waals surface area contributed by atoms with Crippen molar-refractivity contribution in [2.45, 2.75) is 52.1 Å². The molecule has 4 nitrogen and oxygen atoms in total. The topological polar surface area (TPSA) is 53.6 Å². The van der Waals surface area contributed by atoms with Crippen LogP contribution in [0.2, 0.25) is 0 Å². The number of guanidine groups is 1. The van der Waals surface area contributed by atoms with Gasteiger partial charge in [0.1, 0.15) is 0 Å². The minimum atomic E-state index is 0. The molecule has 1 heterocycles. The maximum Gasteiger partial charge on any atom is 0.188 e. The quantitative estimate of drug-likeness (QED) is 0.413. The van der Waals surface area contributed by atoms with E-state index in [1.165, 1.54) is 49.9 Å². The second-order valence-electron chi connectivity index (χ2n) is 6.09. The Hall–Kier alpha value is -0.820. The Bertz CT molecular complexity index is 468. The van der Waals surface area contributed by atoms with Crippen molar-refractivity contribution >= 4 is 29.9 Å². The summed E-state index contributed by atoms with van der Waals surface area (Å²) in [6, 6.07) is 8.61. The van der Waals surface area contributed by atoms with Crippen LogP contribution in [-0.4, -0.2) is 30.5 Å². The van der Waals surface area contributed by atoms with Crippen molar-refractivity contribution < 1.29 is 0 Å². The monoisotopic (exact) mass is 430 g/mol. The molecule has 1 saturated heterocycles. The van der Waals surface area contributed by atoms with Crippen LogP contribution in [0.5, 0.6) is 0 Å². The summed E-state index contributed by atoms with van der Waals surface area (Å²) < 4.78 is 0. The number of nitrogens with one attached hydrogen (secondary N) is 1. The number of hydrogen-bond donors (Lipinski definition) is 2. The van der Waals surface area contributed by atoms with E-state index in [2.05, 4.69) is 46.4 Å². The van der Waals surface area contributed by atoms with Crippen molar-refractivity contribution in [1.82, 2.24) is 10.2 Å². The summed E-state index contributed by atoms with van der Waals surface area (Å²) in [7, 11) is 0. The number of aliphatic imine (C=N–C) groups is 1. The van der Waals surface area contributed by atoms with Gasteiger partial charge in [-0.1, -0.05) is 44.0 Å². The highest BCUT2D eigenvalue weighted by Gasteiger charge is 2.11. The van der Waals surface area contributed by atoms with Crippen LogP contribution in [0.3, 0.4) is 0 Å². The van der Waals surface area contributed by atoms with Crippen molar-refractivity contribution in [2.75, 3.05) is 19.6 Å². The number of hydrogen-bond acceptors (Lipinski definition) is 2. The molecule has 1 fully saturated rings. The van der Waals surface area contributed by atoms with Gasteiger partial charge in [-0.2, -0.15) is 0 Å². The molecule has 0 atom stereocenters. The maximum atomic E-state index is 5.89. The highest BCUT2D eigenvalue weighted by atomic mass is 127. The van der Waals surface area contributed by atoms with Gasteiger partial charge in [-0.25, -0.2) is 4.99 Å². The first-order valence-corrected chi connectivity index (χ1v) is 8.62. The summed E-state index contributed by atoms with van der Waals surface area (Å²) in [4.78, 5) is 7.05. The molecule has 0 aliphatic carbocycles. The molecular weight excluding hydrogens is 399 g/mol. The van der Waals surface area contributed by atoms with Crippen molar-refractivity contribution in [1.29, 1.82) is 0 Å². The summed E-state index contributed by atoms with van der Waals surface area (Å²) in [5.74, 6) is 0.548. The first kappa shape index (κ1) is 20.2. The molecule has 0 amide bonds. The lowest BCUT2D eigenvalue weighted by atomic mass is 10.1. The molecule has 1 aliphatic rings. The fourth-order valence-corrected chi connectivity index (χ4v) is 2.88. The van der Waals surface area contributed by atoms with Gasteiger partial charge in [-0.05, 0) is 43.5 Å². The van der Waals surface area contributed by atoms with Crippen molar-refractivity contribution in [3.63, 3.8) is 0 Å². The highest BCUT2D eigenvalue weighted by Crippen LogP contribution is 2.16. The lowest BCUT2D eigenvalue weighted by Crippen LogP contribution is -2.32. The van der Waals surface area contributed by atoms with Gasteiger partial charge in [0.2, 0.25) is 0 Å². The Morgan fingerprint density at radius 1 is 1.13 bits per heavy atom. The van der Waals surface area contributed by atoms with Crippen molar-refractivity contribution in [2.24, 2.45) is 10.7 Å². The van der Waals surface area contributed by atoms with E-state index in [9.17, 15) is 0 Å². The second-order valence-corrected chi connectivity index (χ2v) is 6.09. The molecular formula is C18H31IN4. The predicted octanol–water partition coefficient (Wildman–Crippen LogP) is 3.49. The standard InChI is InChI=1S/C18H30N4.HI/c1-2-11-20-18(19)21-14-16-9-5-6-10-17(16)15-22-12-7-3-4-8-13-22;/h5-6,9-10H,2-4,7-8,11-15H2,1H3,(H3,19,20,21);1H. The molecule has 5 heteroatoms. The number of benzene rings is 1. The SMILES string of the molecule is CCCNC(N)=NCc1ccccc1CN1CCCCCC1.I. The minimum Gasteiger partial charge on any atom is -0.370 e. The summed E-state index contributed by atoms with van der Waals surface area (Å²) >= 11 is 0. The van der Waals surface area contributed by atoms with E-state index in [0.717, 1.165) is 19.5 Å². The van der Waals surface area contributed by atoms with E-state index in [1.807, 2.05) is 0 Å². The van der Waals surface area contributed by atoms with Crippen LogP contribution in [0.25, 0.3) is 0 Å². The second kappa shape index (κ2) is 11.7. The molecule has 0 radical (unpaired) electrons. The molecule has 3 N–H and O–H groups in total. The zero-order valence-electron chi connectivity index (χ0n) is 14.3. The summed E-state index contributed by atoms with van der Waals surface area (Å²) in [5.41, 5.74) is 8.56. The molecule has 1 aromatic rings. The molecule has 0 bridgehead atoms. The van der Waals surface area contributed by atoms with Crippen LogP contribution >= 0.6 is 24.0 Å². The Balaban J connectivity index is 0.00000264. The lowest BCUT2D eigenvalue weighted by Gasteiger charge is -2.21. The summed E-state index contributed by atoms with van der Waals surface area (Å²) in [5, 5.41) is 3.13. The van der Waals surface area contributed by atoms with Crippen molar-refractivity contribution in [3.05, 3.63) is 35.4 Å². The van der Waals surface area contributed by atoms with E-state index in [0.29, 0.717) is 12.5 Å². The number of likely N-dealkylation sites (tertiary alicyclic amines) is 1. The number of nitrogens with two attached hydrogens (primary N) is 1. The first-order chi connectivity index (χ1) is 10.8. The normalized spacial score (nSPS) is 16.5. The van der Waals surface area contributed by atoms with Gasteiger partial charge in [0.05, 0.1) is 6.54 Å². The highest BCUT2D eigenvalue weighted by molar-refractivity contribution is 14.0. The van der Waals surface area contributed by atoms with Crippen molar-refractivity contribution in [3.8, 4) is 0 Å². The van der Waals surface area contributed by atoms with Crippen LogP contribution in [0, 0.1) is 0 Å². The Morgan fingerprint density at radius 3 is 2.43 bits per heavy atom. The third-order valence-electron chi connectivity index (χ3n) is 4.19. The Morgan fingerprint density at radius 2 is 1.78 bits per heavy atom. The summed E-state index contributed by atoms with van der Waals surface area (Å²) in [6.45, 7) is 7.14. The fourth-order valence-electron chi connectivity index (χ4n) is 2.88. The van der Waals surface area contributed by atoms with Gasteiger partial charge in [-0.3, -0.25) is 4.90 Å². The Labute approximate surface area is 157 Å². The average molecular weight is 430 g/mol. The number of halogens is 1. The molecule has 1 aliphatic heterocycles. The molecule has 0 unspecified atom stereocenters. The van der Waals surface area contributed by atoms with Crippen LogP contribution in [0.4, 0.5) is 0 Å². The third kappa shape index (κ3) is 7.52. The van der Waals surface area contributed by atoms with E-state index < -0.39 is 0 Å². The molecule has 0 saturated carbocycles. The van der Waals surface area contributed by atoms with Gasteiger partial charge in [0, 0.05) is 13.1 Å². The minimum absolute atomic E-state index is 0. The largest absolute Gasteiger partial charge is 0.370 e. The molecule has 0 aromatic heterocycles. The molecule has 130 valence electrons. The zero-order chi connectivity index (χ0) is 15.6. The van der Waals surface area contributed by atoms with Gasteiger partial charge >= 0.3 is 0 Å². The molecule has 0 spiro atoms. The predicted molar refractivity (Wildman–Crippen MR) is 109 cm³/mol. The van der Waals surface area contributed by atoms with Gasteiger partial charge < -0.3 is 11.1 Å². The molecule has 23 heavy (non-hydrogen) atoms. The number of nitrogens with zero attached hydrogens (tertiary/aromatic N) is 2. The fraction of sp³-hybridized carbons (Fsp3) is 0.611. The van der Waals surface area contributed by atoms with E-state index >= 15 is 0 Å². The lowest BCUT2D eigenvalue weighted by molar-refractivity contribution is 0.276. The van der Waals surface area contributed by atoms with E-state index in [4.69, 9.17) is 5.73 Å².